The Balaban J connectivity index is 3.17. The zero-order valence-electron chi connectivity index (χ0n) is 15.4. The molecule has 1 rings (SSSR count). The van der Waals surface area contributed by atoms with Gasteiger partial charge in [-0.25, -0.2) is 4.21 Å². The van der Waals surface area contributed by atoms with Crippen LogP contribution in [0.3, 0.4) is 0 Å². The Morgan fingerprint density at radius 3 is 2.38 bits per heavy atom. The van der Waals surface area contributed by atoms with E-state index in [1.54, 1.807) is 13.2 Å². The topological polar surface area (TPSA) is 46.2 Å². The lowest BCUT2D eigenvalue weighted by molar-refractivity contribution is 0.101. The minimum atomic E-state index is -1.12. The number of carbonyl (C=O) groups excluding carboxylic acids is 1. The van der Waals surface area contributed by atoms with Crippen LogP contribution in [0, 0.1) is 6.92 Å². The first-order valence-corrected chi connectivity index (χ1v) is 9.52. The largest absolute Gasteiger partial charge is 0.306 e. The molecule has 0 amide bonds. The van der Waals surface area contributed by atoms with E-state index in [2.05, 4.69) is 30.4 Å². The number of hydrogen-bond acceptors (Lipinski definition) is 2. The van der Waals surface area contributed by atoms with Crippen LogP contribution in [0.25, 0.3) is 5.57 Å². The molecule has 0 aliphatic carbocycles. The zero-order chi connectivity index (χ0) is 18.4. The molecular weight excluding hydrogens is 318 g/mol. The number of ketones is 1. The Morgan fingerprint density at radius 1 is 1.25 bits per heavy atom. The summed E-state index contributed by atoms with van der Waals surface area (Å²) in [4.78, 5) is 11.8. The van der Waals surface area contributed by atoms with Crippen molar-refractivity contribution in [1.82, 2.24) is 4.72 Å². The van der Waals surface area contributed by atoms with Gasteiger partial charge < -0.3 is 4.72 Å². The van der Waals surface area contributed by atoms with Crippen LogP contribution in [0.2, 0.25) is 0 Å². The van der Waals surface area contributed by atoms with Gasteiger partial charge in [0.1, 0.15) is 11.0 Å². The third-order valence-corrected chi connectivity index (χ3v) is 4.47. The van der Waals surface area contributed by atoms with E-state index in [1.165, 1.54) is 0 Å². The van der Waals surface area contributed by atoms with Gasteiger partial charge in [-0.1, -0.05) is 37.8 Å². The molecule has 0 aliphatic heterocycles. The lowest BCUT2D eigenvalue weighted by atomic mass is 9.92. The Bertz CT molecular complexity index is 742. The van der Waals surface area contributed by atoms with Gasteiger partial charge in [0.2, 0.25) is 0 Å². The molecule has 1 aromatic rings. The molecule has 1 atom stereocenters. The molecule has 130 valence electrons. The van der Waals surface area contributed by atoms with E-state index in [0.717, 1.165) is 39.8 Å². The summed E-state index contributed by atoms with van der Waals surface area (Å²) in [6.45, 7) is 13.5. The van der Waals surface area contributed by atoms with Gasteiger partial charge in [-0.15, -0.1) is 0 Å². The number of allylic oxidation sites excluding steroid dienone is 4. The predicted molar refractivity (Wildman–Crippen MR) is 104 cm³/mol. The van der Waals surface area contributed by atoms with E-state index in [4.69, 9.17) is 0 Å². The fraction of sp³-hybridized carbons (Fsp3) is 0.350. The van der Waals surface area contributed by atoms with Crippen LogP contribution in [0.4, 0.5) is 0 Å². The van der Waals surface area contributed by atoms with Crippen molar-refractivity contribution in [3.63, 3.8) is 0 Å². The molecule has 0 aromatic heterocycles. The number of rotatable bonds is 7. The molecule has 0 saturated heterocycles. The molecule has 1 N–H and O–H groups in total. The maximum Gasteiger partial charge on any atom is 0.160 e. The lowest BCUT2D eigenvalue weighted by Gasteiger charge is -2.12. The van der Waals surface area contributed by atoms with Crippen LogP contribution >= 0.6 is 0 Å². The van der Waals surface area contributed by atoms with Gasteiger partial charge in [0.25, 0.3) is 0 Å². The maximum atomic E-state index is 11.8. The molecule has 1 unspecified atom stereocenters. The van der Waals surface area contributed by atoms with Crippen molar-refractivity contribution in [2.75, 3.05) is 6.26 Å². The van der Waals surface area contributed by atoms with E-state index in [-0.39, 0.29) is 5.78 Å². The van der Waals surface area contributed by atoms with Gasteiger partial charge in [-0.05, 0) is 62.0 Å². The van der Waals surface area contributed by atoms with E-state index < -0.39 is 11.0 Å². The SMILES string of the molecule is C=C(NS(C)=O)/C(C)=C\C=C(/C)c1cc(C)c(C(C)=O)c(CC)c1. The Kier molecular flexibility index (Phi) is 7.36. The highest BCUT2D eigenvalue weighted by molar-refractivity contribution is 7.82. The number of hydrogen-bond donors (Lipinski definition) is 1. The highest BCUT2D eigenvalue weighted by Crippen LogP contribution is 2.24. The number of Topliss-reactive ketones (excluding diaryl/α,β-unsaturated/α-hetero) is 1. The smallest absolute Gasteiger partial charge is 0.160 e. The average molecular weight is 346 g/mol. The van der Waals surface area contributed by atoms with Crippen LogP contribution in [0.15, 0.2) is 42.1 Å². The minimum Gasteiger partial charge on any atom is -0.306 e. The molecule has 0 spiro atoms. The number of benzene rings is 1. The molecule has 24 heavy (non-hydrogen) atoms. The van der Waals surface area contributed by atoms with E-state index in [1.807, 2.05) is 32.9 Å². The second kappa shape index (κ2) is 8.78. The fourth-order valence-corrected chi connectivity index (χ4v) is 3.08. The number of nitrogens with one attached hydrogen (secondary N) is 1. The molecule has 4 heteroatoms. The van der Waals surface area contributed by atoms with Crippen molar-refractivity contribution in [3.8, 4) is 0 Å². The second-order valence-electron chi connectivity index (χ2n) is 5.97. The minimum absolute atomic E-state index is 0.114. The molecular formula is C20H27NO2S. The summed E-state index contributed by atoms with van der Waals surface area (Å²) in [5.74, 6) is 0.114. The number of carbonyl (C=O) groups is 1. The number of aryl methyl sites for hydroxylation is 2. The predicted octanol–water partition coefficient (Wildman–Crippen LogP) is 4.51. The normalized spacial score (nSPS) is 13.6. The van der Waals surface area contributed by atoms with Gasteiger partial charge in [-0.2, -0.15) is 0 Å². The lowest BCUT2D eigenvalue weighted by Crippen LogP contribution is -2.14. The van der Waals surface area contributed by atoms with E-state index in [0.29, 0.717) is 5.70 Å². The van der Waals surface area contributed by atoms with Crippen molar-refractivity contribution in [1.29, 1.82) is 0 Å². The quantitative estimate of drug-likeness (QED) is 0.584. The summed E-state index contributed by atoms with van der Waals surface area (Å²) in [6, 6.07) is 4.14. The summed E-state index contributed by atoms with van der Waals surface area (Å²) in [5, 5.41) is 0. The highest BCUT2D eigenvalue weighted by Gasteiger charge is 2.11. The van der Waals surface area contributed by atoms with Crippen LogP contribution in [0.5, 0.6) is 0 Å². The van der Waals surface area contributed by atoms with Crippen LogP contribution in [-0.2, 0) is 17.4 Å². The third kappa shape index (κ3) is 5.31. The van der Waals surface area contributed by atoms with Gasteiger partial charge in [0, 0.05) is 17.5 Å². The van der Waals surface area contributed by atoms with Crippen molar-refractivity contribution < 1.29 is 9.00 Å². The van der Waals surface area contributed by atoms with Crippen LogP contribution < -0.4 is 4.72 Å². The molecule has 0 aliphatic rings. The molecule has 0 heterocycles. The van der Waals surface area contributed by atoms with E-state index >= 15 is 0 Å². The van der Waals surface area contributed by atoms with Gasteiger partial charge in [-0.3, -0.25) is 4.79 Å². The summed E-state index contributed by atoms with van der Waals surface area (Å²) < 4.78 is 14.0. The van der Waals surface area contributed by atoms with Crippen molar-refractivity contribution >= 4 is 22.3 Å². The highest BCUT2D eigenvalue weighted by atomic mass is 32.2. The van der Waals surface area contributed by atoms with Gasteiger partial charge >= 0.3 is 0 Å². The molecule has 3 nitrogen and oxygen atoms in total. The molecule has 1 aromatic carbocycles. The first-order chi connectivity index (χ1) is 11.2. The molecule has 0 fully saturated rings. The third-order valence-electron chi connectivity index (χ3n) is 3.93. The summed E-state index contributed by atoms with van der Waals surface area (Å²) in [5.41, 5.74) is 6.72. The van der Waals surface area contributed by atoms with Crippen molar-refractivity contribution in [2.45, 2.75) is 41.0 Å². The first kappa shape index (κ1) is 20.1. The zero-order valence-corrected chi connectivity index (χ0v) is 16.3. The maximum absolute atomic E-state index is 11.8. The first-order valence-electron chi connectivity index (χ1n) is 7.96. The van der Waals surface area contributed by atoms with Crippen LogP contribution in [0.1, 0.15) is 54.7 Å². The fourth-order valence-electron chi connectivity index (χ4n) is 2.57. The Morgan fingerprint density at radius 2 is 1.88 bits per heavy atom. The Labute approximate surface area is 148 Å². The second-order valence-corrected chi connectivity index (χ2v) is 7.08. The summed E-state index contributed by atoms with van der Waals surface area (Å²) >= 11 is 0. The van der Waals surface area contributed by atoms with Gasteiger partial charge in [0.15, 0.2) is 5.78 Å². The average Bonchev–Trinajstić information content (AvgIpc) is 2.49. The van der Waals surface area contributed by atoms with Gasteiger partial charge in [0.05, 0.1) is 0 Å². The Hall–Kier alpha value is -1.94. The summed E-state index contributed by atoms with van der Waals surface area (Å²) in [6.07, 6.45) is 6.37. The molecule has 0 radical (unpaired) electrons. The molecule has 0 saturated carbocycles. The summed E-state index contributed by atoms with van der Waals surface area (Å²) in [7, 11) is -1.12. The van der Waals surface area contributed by atoms with Crippen molar-refractivity contribution in [2.24, 2.45) is 0 Å². The van der Waals surface area contributed by atoms with Crippen LogP contribution in [-0.4, -0.2) is 16.2 Å². The molecule has 0 bridgehead atoms. The monoisotopic (exact) mass is 345 g/mol. The van der Waals surface area contributed by atoms with Crippen molar-refractivity contribution in [3.05, 3.63) is 64.4 Å². The van der Waals surface area contributed by atoms with E-state index in [9.17, 15) is 9.00 Å². The standard InChI is InChI=1S/C20H27NO2S/c1-8-18-12-19(11-15(4)20(18)17(6)22)14(3)10-9-13(2)16(5)21-24(7)23/h9-12,21H,5,8H2,1-4,6-7H3/b13-9-,14-10+.